The number of aromatic nitrogens is 2. The minimum absolute atomic E-state index is 0.190. The summed E-state index contributed by atoms with van der Waals surface area (Å²) in [7, 11) is -1.86. The zero-order valence-corrected chi connectivity index (χ0v) is 20.1. The zero-order chi connectivity index (χ0) is 25.1. The van der Waals surface area contributed by atoms with Gasteiger partial charge in [0.05, 0.1) is 25.7 Å². The van der Waals surface area contributed by atoms with Gasteiger partial charge in [0.1, 0.15) is 5.75 Å². The van der Waals surface area contributed by atoms with Crippen LogP contribution in [0.2, 0.25) is 0 Å². The Morgan fingerprint density at radius 1 is 1.12 bits per heavy atom. The molecule has 0 fully saturated rings. The Bertz CT molecular complexity index is 1410. The number of H-pyrrole nitrogens is 1. The number of nitrogens with zero attached hydrogens (tertiary/aromatic N) is 1. The summed E-state index contributed by atoms with van der Waals surface area (Å²) < 4.78 is 31.9. The van der Waals surface area contributed by atoms with Crippen LogP contribution in [0.1, 0.15) is 30.5 Å². The molecule has 0 spiro atoms. The fourth-order valence-corrected chi connectivity index (χ4v) is 4.00. The van der Waals surface area contributed by atoms with Gasteiger partial charge in [-0.3, -0.25) is 9.52 Å². The third kappa shape index (κ3) is 5.64. The highest BCUT2D eigenvalue weighted by molar-refractivity contribution is 7.92. The lowest BCUT2D eigenvalue weighted by Crippen LogP contribution is -2.33. The van der Waals surface area contributed by atoms with Crippen molar-refractivity contribution in [3.63, 3.8) is 0 Å². The molecule has 0 amide bonds. The van der Waals surface area contributed by atoms with Gasteiger partial charge in [0.25, 0.3) is 5.56 Å². The zero-order valence-electron chi connectivity index (χ0n) is 19.3. The van der Waals surface area contributed by atoms with Crippen molar-refractivity contribution < 1.29 is 18.3 Å². The maximum atomic E-state index is 12.4. The fraction of sp³-hybridized carbons (Fsp3) is 0.250. The molecule has 1 aromatic heterocycles. The second kappa shape index (κ2) is 9.70. The molecule has 0 aliphatic carbocycles. The maximum Gasteiger partial charge on any atom is 0.332 e. The highest BCUT2D eigenvalue weighted by atomic mass is 32.2. The standard InChI is InChI=1S/C24H27N3O6S/c1-24(2,15-28)20-14-19(27-21(29)11-12-25-23(27)30)13-17(22(20)33-3)8-5-16-6-9-18(10-7-16)26-34(4,31)32/h5-14,26,28H,15H2,1-4H3,(H,25,30)/b8-5+. The van der Waals surface area contributed by atoms with Gasteiger partial charge in [-0.05, 0) is 29.8 Å². The van der Waals surface area contributed by atoms with Crippen LogP contribution in [0, 0.1) is 0 Å². The van der Waals surface area contributed by atoms with Crippen LogP contribution in [-0.4, -0.2) is 43.0 Å². The predicted octanol–water partition coefficient (Wildman–Crippen LogP) is 2.35. The van der Waals surface area contributed by atoms with Crippen molar-refractivity contribution in [3.05, 3.63) is 86.2 Å². The summed E-state index contributed by atoms with van der Waals surface area (Å²) in [4.78, 5) is 27.3. The van der Waals surface area contributed by atoms with E-state index in [-0.39, 0.29) is 6.61 Å². The number of rotatable bonds is 8. The van der Waals surface area contributed by atoms with Crippen molar-refractivity contribution in [3.8, 4) is 11.4 Å². The Balaban J connectivity index is 2.15. The second-order valence-electron chi connectivity index (χ2n) is 8.44. The van der Waals surface area contributed by atoms with Crippen LogP contribution in [0.5, 0.6) is 5.75 Å². The van der Waals surface area contributed by atoms with Gasteiger partial charge in [-0.15, -0.1) is 0 Å². The van der Waals surface area contributed by atoms with E-state index in [1.54, 1.807) is 48.6 Å². The topological polar surface area (TPSA) is 130 Å². The van der Waals surface area contributed by atoms with Crippen LogP contribution in [-0.2, 0) is 15.4 Å². The van der Waals surface area contributed by atoms with E-state index in [4.69, 9.17) is 4.74 Å². The number of nitrogens with one attached hydrogen (secondary N) is 2. The monoisotopic (exact) mass is 485 g/mol. The first kappa shape index (κ1) is 25.0. The predicted molar refractivity (Wildman–Crippen MR) is 133 cm³/mol. The van der Waals surface area contributed by atoms with Crippen molar-refractivity contribution in [2.75, 3.05) is 24.7 Å². The van der Waals surface area contributed by atoms with Gasteiger partial charge in [-0.2, -0.15) is 0 Å². The molecular formula is C24H27N3O6S. The maximum absolute atomic E-state index is 12.4. The SMILES string of the molecule is COc1c(/C=C/c2ccc(NS(C)(=O)=O)cc2)cc(-n2c(=O)cc[nH]c2=O)cc1C(C)(C)CO. The van der Waals surface area contributed by atoms with E-state index < -0.39 is 26.7 Å². The molecule has 1 heterocycles. The molecule has 180 valence electrons. The fourth-order valence-electron chi connectivity index (χ4n) is 3.43. The molecule has 0 unspecified atom stereocenters. The third-order valence-electron chi connectivity index (χ3n) is 5.21. The second-order valence-corrected chi connectivity index (χ2v) is 10.2. The van der Waals surface area contributed by atoms with Gasteiger partial charge < -0.3 is 14.8 Å². The van der Waals surface area contributed by atoms with Crippen LogP contribution < -0.4 is 20.7 Å². The molecule has 34 heavy (non-hydrogen) atoms. The van der Waals surface area contributed by atoms with E-state index in [1.807, 2.05) is 13.8 Å². The number of sulfonamides is 1. The highest BCUT2D eigenvalue weighted by Crippen LogP contribution is 2.37. The number of methoxy groups -OCH3 is 1. The molecule has 0 saturated heterocycles. The molecule has 0 aliphatic heterocycles. The number of hydrogen-bond donors (Lipinski definition) is 3. The van der Waals surface area contributed by atoms with Crippen molar-refractivity contribution >= 4 is 27.9 Å². The van der Waals surface area contributed by atoms with Crippen LogP contribution in [0.3, 0.4) is 0 Å². The third-order valence-corrected chi connectivity index (χ3v) is 5.82. The van der Waals surface area contributed by atoms with Gasteiger partial charge in [0.15, 0.2) is 0 Å². The van der Waals surface area contributed by atoms with Crippen molar-refractivity contribution in [1.29, 1.82) is 0 Å². The Hall–Kier alpha value is -3.63. The number of hydrogen-bond acceptors (Lipinski definition) is 6. The number of anilines is 1. The number of aliphatic hydroxyl groups is 1. The summed E-state index contributed by atoms with van der Waals surface area (Å²) in [5.74, 6) is 0.495. The minimum atomic E-state index is -3.37. The molecule has 0 radical (unpaired) electrons. The van der Waals surface area contributed by atoms with Gasteiger partial charge in [0, 0.05) is 34.5 Å². The average Bonchev–Trinajstić information content (AvgIpc) is 2.77. The van der Waals surface area contributed by atoms with Crippen molar-refractivity contribution in [1.82, 2.24) is 9.55 Å². The Labute approximate surface area is 197 Å². The van der Waals surface area contributed by atoms with Crippen LogP contribution in [0.25, 0.3) is 17.8 Å². The number of ether oxygens (including phenoxy) is 1. The summed E-state index contributed by atoms with van der Waals surface area (Å²) in [6, 6.07) is 11.3. The van der Waals surface area contributed by atoms with Gasteiger partial charge in [0.2, 0.25) is 10.0 Å². The molecule has 0 aliphatic rings. The lowest BCUT2D eigenvalue weighted by Gasteiger charge is -2.26. The summed E-state index contributed by atoms with van der Waals surface area (Å²) in [6.07, 6.45) is 5.92. The molecule has 3 aromatic rings. The van der Waals surface area contributed by atoms with E-state index in [0.717, 1.165) is 16.4 Å². The van der Waals surface area contributed by atoms with E-state index in [2.05, 4.69) is 9.71 Å². The summed E-state index contributed by atoms with van der Waals surface area (Å²) in [5, 5.41) is 9.98. The van der Waals surface area contributed by atoms with Crippen molar-refractivity contribution in [2.24, 2.45) is 0 Å². The molecule has 9 nitrogen and oxygen atoms in total. The van der Waals surface area contributed by atoms with Gasteiger partial charge in [-0.25, -0.2) is 17.8 Å². The first-order valence-corrected chi connectivity index (χ1v) is 12.2. The van der Waals surface area contributed by atoms with Crippen molar-refractivity contribution in [2.45, 2.75) is 19.3 Å². The molecular weight excluding hydrogens is 458 g/mol. The minimum Gasteiger partial charge on any atom is -0.496 e. The summed E-state index contributed by atoms with van der Waals surface area (Å²) in [5.41, 5.74) is 0.950. The molecule has 0 bridgehead atoms. The lowest BCUT2D eigenvalue weighted by atomic mass is 9.83. The molecule has 3 rings (SSSR count). The Morgan fingerprint density at radius 3 is 2.35 bits per heavy atom. The number of aromatic amines is 1. The number of aliphatic hydroxyl groups excluding tert-OH is 1. The lowest BCUT2D eigenvalue weighted by molar-refractivity contribution is 0.214. The number of benzene rings is 2. The largest absolute Gasteiger partial charge is 0.496 e. The van der Waals surface area contributed by atoms with E-state index in [9.17, 15) is 23.1 Å². The summed E-state index contributed by atoms with van der Waals surface area (Å²) >= 11 is 0. The smallest absolute Gasteiger partial charge is 0.332 e. The molecule has 3 N–H and O–H groups in total. The molecule has 0 saturated carbocycles. The van der Waals surface area contributed by atoms with Gasteiger partial charge >= 0.3 is 5.69 Å². The van der Waals surface area contributed by atoms with Crippen LogP contribution in [0.4, 0.5) is 5.69 Å². The molecule has 10 heteroatoms. The van der Waals surface area contributed by atoms with E-state index in [0.29, 0.717) is 28.3 Å². The molecule has 0 atom stereocenters. The Morgan fingerprint density at radius 2 is 1.79 bits per heavy atom. The Kier molecular flexibility index (Phi) is 7.13. The van der Waals surface area contributed by atoms with Gasteiger partial charge in [-0.1, -0.05) is 38.1 Å². The first-order chi connectivity index (χ1) is 15.9. The van der Waals surface area contributed by atoms with Crippen LogP contribution >= 0.6 is 0 Å². The van der Waals surface area contributed by atoms with Crippen LogP contribution in [0.15, 0.2) is 58.3 Å². The van der Waals surface area contributed by atoms with E-state index in [1.165, 1.54) is 19.4 Å². The first-order valence-electron chi connectivity index (χ1n) is 10.4. The quantitative estimate of drug-likeness (QED) is 0.420. The normalized spacial score (nSPS) is 12.1. The summed E-state index contributed by atoms with van der Waals surface area (Å²) in [6.45, 7) is 3.46. The van der Waals surface area contributed by atoms with E-state index >= 15 is 0 Å². The average molecular weight is 486 g/mol. The molecule has 2 aromatic carbocycles. The highest BCUT2D eigenvalue weighted by Gasteiger charge is 2.26.